The minimum absolute atomic E-state index is 0.204. The normalized spacial score (nSPS) is 18.7. The molecule has 2 aromatic rings. The topological polar surface area (TPSA) is 73.5 Å². The number of rotatable bonds is 6. The SMILES string of the molecule is COCCOc1ncccc1-c1noc(C2CCCN2C)n1. The minimum Gasteiger partial charge on any atom is -0.475 e. The summed E-state index contributed by atoms with van der Waals surface area (Å²) in [5.41, 5.74) is 0.731. The highest BCUT2D eigenvalue weighted by Crippen LogP contribution is 2.32. The van der Waals surface area contributed by atoms with E-state index in [2.05, 4.69) is 27.1 Å². The van der Waals surface area contributed by atoms with Gasteiger partial charge in [-0.15, -0.1) is 0 Å². The Bertz CT molecular complexity index is 616. The number of nitrogens with zero attached hydrogens (tertiary/aromatic N) is 4. The molecule has 1 aliphatic heterocycles. The van der Waals surface area contributed by atoms with Crippen LogP contribution < -0.4 is 4.74 Å². The van der Waals surface area contributed by atoms with Gasteiger partial charge in [0.1, 0.15) is 6.61 Å². The number of hydrogen-bond donors (Lipinski definition) is 0. The van der Waals surface area contributed by atoms with E-state index < -0.39 is 0 Å². The fourth-order valence-corrected chi connectivity index (χ4v) is 2.60. The third-order valence-corrected chi connectivity index (χ3v) is 3.79. The summed E-state index contributed by atoms with van der Waals surface area (Å²) in [5, 5.41) is 4.09. The quantitative estimate of drug-likeness (QED) is 0.755. The molecule has 22 heavy (non-hydrogen) atoms. The van der Waals surface area contributed by atoms with Gasteiger partial charge < -0.3 is 14.0 Å². The Kier molecular flexibility index (Phi) is 4.65. The van der Waals surface area contributed by atoms with E-state index in [1.54, 1.807) is 13.3 Å². The van der Waals surface area contributed by atoms with E-state index in [1.807, 2.05) is 12.1 Å². The maximum absolute atomic E-state index is 5.62. The lowest BCUT2D eigenvalue weighted by atomic mass is 10.2. The lowest BCUT2D eigenvalue weighted by Gasteiger charge is -2.14. The first-order chi connectivity index (χ1) is 10.8. The van der Waals surface area contributed by atoms with Crippen molar-refractivity contribution in [3.63, 3.8) is 0 Å². The largest absolute Gasteiger partial charge is 0.475 e. The Morgan fingerprint density at radius 3 is 3.09 bits per heavy atom. The van der Waals surface area contributed by atoms with Crippen LogP contribution in [-0.4, -0.2) is 53.9 Å². The molecule has 118 valence electrons. The van der Waals surface area contributed by atoms with E-state index in [1.165, 1.54) is 0 Å². The molecule has 0 N–H and O–H groups in total. The second-order valence-corrected chi connectivity index (χ2v) is 5.29. The highest BCUT2D eigenvalue weighted by Gasteiger charge is 2.28. The smallest absolute Gasteiger partial charge is 0.244 e. The van der Waals surface area contributed by atoms with Crippen LogP contribution in [0.5, 0.6) is 5.88 Å². The first-order valence-corrected chi connectivity index (χ1v) is 7.40. The fourth-order valence-electron chi connectivity index (χ4n) is 2.60. The minimum atomic E-state index is 0.204. The first kappa shape index (κ1) is 14.9. The predicted molar refractivity (Wildman–Crippen MR) is 79.5 cm³/mol. The van der Waals surface area contributed by atoms with E-state index in [0.717, 1.165) is 24.9 Å². The molecular weight excluding hydrogens is 284 g/mol. The van der Waals surface area contributed by atoms with Crippen LogP contribution in [0, 0.1) is 0 Å². The average molecular weight is 304 g/mol. The first-order valence-electron chi connectivity index (χ1n) is 7.40. The molecule has 0 radical (unpaired) electrons. The van der Waals surface area contributed by atoms with Crippen LogP contribution in [0.15, 0.2) is 22.9 Å². The van der Waals surface area contributed by atoms with E-state index >= 15 is 0 Å². The van der Waals surface area contributed by atoms with Crippen molar-refractivity contribution in [2.45, 2.75) is 18.9 Å². The highest BCUT2D eigenvalue weighted by molar-refractivity contribution is 5.60. The van der Waals surface area contributed by atoms with E-state index in [4.69, 9.17) is 14.0 Å². The second kappa shape index (κ2) is 6.85. The number of pyridine rings is 1. The molecule has 1 aliphatic rings. The molecule has 0 spiro atoms. The Balaban J connectivity index is 1.81. The van der Waals surface area contributed by atoms with E-state index in [9.17, 15) is 0 Å². The van der Waals surface area contributed by atoms with Crippen molar-refractivity contribution in [1.29, 1.82) is 0 Å². The number of ether oxygens (including phenoxy) is 2. The van der Waals surface area contributed by atoms with Gasteiger partial charge >= 0.3 is 0 Å². The molecule has 1 saturated heterocycles. The number of methoxy groups -OCH3 is 1. The summed E-state index contributed by atoms with van der Waals surface area (Å²) in [6.07, 6.45) is 3.87. The van der Waals surface area contributed by atoms with Crippen LogP contribution in [-0.2, 0) is 4.74 Å². The summed E-state index contributed by atoms with van der Waals surface area (Å²) < 4.78 is 16.0. The van der Waals surface area contributed by atoms with Crippen molar-refractivity contribution in [3.8, 4) is 17.3 Å². The number of likely N-dealkylation sites (tertiary alicyclic amines) is 1. The maximum Gasteiger partial charge on any atom is 0.244 e. The van der Waals surface area contributed by atoms with Crippen molar-refractivity contribution in [2.24, 2.45) is 0 Å². The highest BCUT2D eigenvalue weighted by atomic mass is 16.5. The van der Waals surface area contributed by atoms with Crippen molar-refractivity contribution < 1.29 is 14.0 Å². The van der Waals surface area contributed by atoms with Gasteiger partial charge in [-0.3, -0.25) is 4.90 Å². The maximum atomic E-state index is 5.62. The van der Waals surface area contributed by atoms with Gasteiger partial charge in [-0.2, -0.15) is 4.98 Å². The Morgan fingerprint density at radius 1 is 1.41 bits per heavy atom. The average Bonchev–Trinajstić information content (AvgIpc) is 3.16. The molecule has 1 atom stereocenters. The van der Waals surface area contributed by atoms with Crippen molar-refractivity contribution in [3.05, 3.63) is 24.2 Å². The third kappa shape index (κ3) is 3.10. The molecule has 0 bridgehead atoms. The van der Waals surface area contributed by atoms with Crippen LogP contribution in [0.2, 0.25) is 0 Å². The molecule has 2 aromatic heterocycles. The third-order valence-electron chi connectivity index (χ3n) is 3.79. The van der Waals surface area contributed by atoms with Crippen LogP contribution in [0.4, 0.5) is 0 Å². The van der Waals surface area contributed by atoms with Gasteiger partial charge in [0.05, 0.1) is 18.2 Å². The molecule has 0 aliphatic carbocycles. The molecule has 0 amide bonds. The van der Waals surface area contributed by atoms with Crippen LogP contribution in [0.1, 0.15) is 24.8 Å². The van der Waals surface area contributed by atoms with Crippen molar-refractivity contribution in [2.75, 3.05) is 33.9 Å². The summed E-state index contributed by atoms with van der Waals surface area (Å²) >= 11 is 0. The zero-order valence-electron chi connectivity index (χ0n) is 12.9. The summed E-state index contributed by atoms with van der Waals surface area (Å²) in [5.74, 6) is 1.66. The fraction of sp³-hybridized carbons (Fsp3) is 0.533. The van der Waals surface area contributed by atoms with Gasteiger partial charge in [-0.1, -0.05) is 5.16 Å². The predicted octanol–water partition coefficient (Wildman–Crippen LogP) is 1.92. The molecule has 7 heteroatoms. The van der Waals surface area contributed by atoms with Gasteiger partial charge in [0.15, 0.2) is 0 Å². The van der Waals surface area contributed by atoms with Crippen LogP contribution in [0.3, 0.4) is 0 Å². The molecule has 7 nitrogen and oxygen atoms in total. The van der Waals surface area contributed by atoms with Gasteiger partial charge in [-0.25, -0.2) is 4.98 Å². The van der Waals surface area contributed by atoms with Gasteiger partial charge in [0.25, 0.3) is 0 Å². The lowest BCUT2D eigenvalue weighted by Crippen LogP contribution is -2.17. The van der Waals surface area contributed by atoms with Crippen molar-refractivity contribution >= 4 is 0 Å². The summed E-state index contributed by atoms with van der Waals surface area (Å²) in [7, 11) is 3.71. The van der Waals surface area contributed by atoms with Gasteiger partial charge in [0, 0.05) is 13.3 Å². The van der Waals surface area contributed by atoms with Crippen LogP contribution >= 0.6 is 0 Å². The Hall–Kier alpha value is -1.99. The summed E-state index contributed by atoms with van der Waals surface area (Å²) in [4.78, 5) is 11.0. The molecule has 3 rings (SSSR count). The molecule has 3 heterocycles. The molecular formula is C15H20N4O3. The number of hydrogen-bond acceptors (Lipinski definition) is 7. The zero-order valence-corrected chi connectivity index (χ0v) is 12.9. The van der Waals surface area contributed by atoms with Gasteiger partial charge in [0.2, 0.25) is 17.6 Å². The van der Waals surface area contributed by atoms with E-state index in [0.29, 0.717) is 30.8 Å². The van der Waals surface area contributed by atoms with E-state index in [-0.39, 0.29) is 6.04 Å². The monoisotopic (exact) mass is 304 g/mol. The van der Waals surface area contributed by atoms with Crippen LogP contribution in [0.25, 0.3) is 11.4 Å². The molecule has 1 fully saturated rings. The molecule has 0 aromatic carbocycles. The van der Waals surface area contributed by atoms with Gasteiger partial charge in [-0.05, 0) is 38.6 Å². The molecule has 1 unspecified atom stereocenters. The number of aromatic nitrogens is 3. The lowest BCUT2D eigenvalue weighted by molar-refractivity contribution is 0.144. The zero-order chi connectivity index (χ0) is 15.4. The standard InChI is InChI=1S/C15H20N4O3/c1-19-8-4-6-12(19)15-17-13(18-22-15)11-5-3-7-16-14(11)21-10-9-20-2/h3,5,7,12H,4,6,8-10H2,1-2H3. The second-order valence-electron chi connectivity index (χ2n) is 5.29. The summed E-state index contributed by atoms with van der Waals surface area (Å²) in [6.45, 7) is 1.98. The summed E-state index contributed by atoms with van der Waals surface area (Å²) in [6, 6.07) is 3.91. The molecule has 0 saturated carbocycles. The van der Waals surface area contributed by atoms with Crippen molar-refractivity contribution in [1.82, 2.24) is 20.0 Å². The Labute approximate surface area is 129 Å². The Morgan fingerprint density at radius 2 is 2.32 bits per heavy atom.